The zero-order valence-corrected chi connectivity index (χ0v) is 9.62. The van der Waals surface area contributed by atoms with Gasteiger partial charge in [0.2, 0.25) is 0 Å². The Hall–Kier alpha value is -1.83. The molecule has 98 valence electrons. The summed E-state index contributed by atoms with van der Waals surface area (Å²) in [4.78, 5) is 20.9. The quantitative estimate of drug-likeness (QED) is 0.619. The average Bonchev–Trinajstić information content (AvgIpc) is 2.25. The van der Waals surface area contributed by atoms with Gasteiger partial charge in [-0.2, -0.15) is 13.2 Å². The molecule has 0 aromatic heterocycles. The lowest BCUT2D eigenvalue weighted by atomic mass is 10.2. The third-order valence-corrected chi connectivity index (χ3v) is 2.28. The van der Waals surface area contributed by atoms with Crippen LogP contribution in [0.3, 0.4) is 0 Å². The predicted molar refractivity (Wildman–Crippen MR) is 57.6 cm³/mol. The van der Waals surface area contributed by atoms with E-state index >= 15 is 0 Å². The number of halogens is 4. The summed E-state index contributed by atoms with van der Waals surface area (Å²) in [5.41, 5.74) is -1.16. The molecule has 0 bridgehead atoms. The van der Waals surface area contributed by atoms with Crippen LogP contribution in [0.5, 0.6) is 0 Å². The minimum absolute atomic E-state index is 0.0163. The molecule has 0 atom stereocenters. The Morgan fingerprint density at radius 1 is 1.44 bits per heavy atom. The normalized spacial score (nSPS) is 11.2. The molecule has 0 aliphatic carbocycles. The molecule has 0 fully saturated rings. The molecule has 0 aliphatic heterocycles. The van der Waals surface area contributed by atoms with E-state index in [0.717, 1.165) is 25.2 Å². The molecule has 1 amide bonds. The molecule has 1 aromatic carbocycles. The highest BCUT2D eigenvalue weighted by atomic mass is 35.5. The van der Waals surface area contributed by atoms with Gasteiger partial charge >= 0.3 is 12.1 Å². The van der Waals surface area contributed by atoms with Crippen molar-refractivity contribution < 1.29 is 22.9 Å². The van der Waals surface area contributed by atoms with Gasteiger partial charge in [-0.3, -0.25) is 14.9 Å². The van der Waals surface area contributed by atoms with Gasteiger partial charge in [-0.25, -0.2) is 0 Å². The van der Waals surface area contributed by atoms with Crippen molar-refractivity contribution in [2.75, 3.05) is 11.9 Å². The van der Waals surface area contributed by atoms with Gasteiger partial charge in [0, 0.05) is 18.1 Å². The van der Waals surface area contributed by atoms with E-state index in [9.17, 15) is 28.1 Å². The first-order valence-corrected chi connectivity index (χ1v) is 4.81. The Labute approximate surface area is 104 Å². The molecule has 0 saturated heterocycles. The van der Waals surface area contributed by atoms with E-state index in [-0.39, 0.29) is 9.92 Å². The number of benzene rings is 1. The van der Waals surface area contributed by atoms with Gasteiger partial charge in [0.1, 0.15) is 5.69 Å². The number of rotatable bonds is 2. The first kappa shape index (κ1) is 14.2. The summed E-state index contributed by atoms with van der Waals surface area (Å²) in [6, 6.07) is 3.00. The van der Waals surface area contributed by atoms with Gasteiger partial charge in [-0.1, -0.05) is 11.6 Å². The SMILES string of the molecule is CN(C(=O)C(F)(F)F)c1cc(Cl)ccc1[N+](=O)[O-]. The summed E-state index contributed by atoms with van der Waals surface area (Å²) in [7, 11) is 0.786. The number of hydrogen-bond donors (Lipinski definition) is 0. The van der Waals surface area contributed by atoms with Crippen LogP contribution in [0.1, 0.15) is 0 Å². The van der Waals surface area contributed by atoms with Crippen LogP contribution in [0, 0.1) is 10.1 Å². The molecule has 0 aliphatic rings. The monoisotopic (exact) mass is 282 g/mol. The number of nitro benzene ring substituents is 1. The smallest absolute Gasteiger partial charge is 0.302 e. The number of anilines is 1. The van der Waals surface area contributed by atoms with Crippen LogP contribution >= 0.6 is 11.6 Å². The zero-order chi connectivity index (χ0) is 14.1. The second-order valence-corrected chi connectivity index (χ2v) is 3.69. The lowest BCUT2D eigenvalue weighted by molar-refractivity contribution is -0.384. The average molecular weight is 283 g/mol. The van der Waals surface area contributed by atoms with Crippen molar-refractivity contribution in [3.8, 4) is 0 Å². The van der Waals surface area contributed by atoms with Crippen LogP contribution in [0.4, 0.5) is 24.5 Å². The van der Waals surface area contributed by atoms with E-state index in [1.165, 1.54) is 0 Å². The lowest BCUT2D eigenvalue weighted by Gasteiger charge is -2.18. The van der Waals surface area contributed by atoms with Gasteiger partial charge in [-0.05, 0) is 12.1 Å². The fraction of sp³-hybridized carbons (Fsp3) is 0.222. The van der Waals surface area contributed by atoms with Crippen LogP contribution in [0.15, 0.2) is 18.2 Å². The number of alkyl halides is 3. The van der Waals surface area contributed by atoms with Crippen LogP contribution in [-0.4, -0.2) is 24.1 Å². The van der Waals surface area contributed by atoms with E-state index < -0.39 is 28.4 Å². The van der Waals surface area contributed by atoms with E-state index in [4.69, 9.17) is 11.6 Å². The maximum absolute atomic E-state index is 12.2. The Balaban J connectivity index is 3.28. The summed E-state index contributed by atoms with van der Waals surface area (Å²) in [6.07, 6.45) is -5.12. The Morgan fingerprint density at radius 3 is 2.44 bits per heavy atom. The summed E-state index contributed by atoms with van der Waals surface area (Å²) in [5, 5.41) is 10.6. The molecule has 9 heteroatoms. The van der Waals surface area contributed by atoms with E-state index in [0.29, 0.717) is 0 Å². The van der Waals surface area contributed by atoms with E-state index in [1.807, 2.05) is 0 Å². The second-order valence-electron chi connectivity index (χ2n) is 3.25. The van der Waals surface area contributed by atoms with Crippen LogP contribution in [0.2, 0.25) is 5.02 Å². The molecule has 0 N–H and O–H groups in total. The summed E-state index contributed by atoms with van der Waals surface area (Å²) < 4.78 is 36.7. The highest BCUT2D eigenvalue weighted by molar-refractivity contribution is 6.31. The maximum atomic E-state index is 12.2. The first-order valence-electron chi connectivity index (χ1n) is 4.43. The first-order chi connectivity index (χ1) is 8.14. The minimum Gasteiger partial charge on any atom is -0.302 e. The molecule has 0 unspecified atom stereocenters. The third kappa shape index (κ3) is 2.89. The maximum Gasteiger partial charge on any atom is 0.471 e. The van der Waals surface area contributed by atoms with Gasteiger partial charge in [-0.15, -0.1) is 0 Å². The van der Waals surface area contributed by atoms with Crippen molar-refractivity contribution in [2.45, 2.75) is 6.18 Å². The molecule has 0 saturated carbocycles. The molecule has 5 nitrogen and oxygen atoms in total. The standard InChI is InChI=1S/C9H6ClF3N2O3/c1-14(8(16)9(11,12)13)7-4-5(10)2-3-6(7)15(17)18/h2-4H,1H3. The van der Waals surface area contributed by atoms with Crippen LogP contribution in [-0.2, 0) is 4.79 Å². The number of nitro groups is 1. The Kier molecular flexibility index (Phi) is 3.80. The van der Waals surface area contributed by atoms with Crippen molar-refractivity contribution in [1.82, 2.24) is 0 Å². The van der Waals surface area contributed by atoms with Gasteiger partial charge < -0.3 is 4.90 Å². The highest BCUT2D eigenvalue weighted by Crippen LogP contribution is 2.32. The molecule has 0 heterocycles. The minimum atomic E-state index is -5.12. The number of amides is 1. The zero-order valence-electron chi connectivity index (χ0n) is 8.86. The summed E-state index contributed by atoms with van der Waals surface area (Å²) in [6.45, 7) is 0. The topological polar surface area (TPSA) is 63.5 Å². The fourth-order valence-electron chi connectivity index (χ4n) is 1.22. The van der Waals surface area contributed by atoms with Crippen molar-refractivity contribution in [3.63, 3.8) is 0 Å². The molecular weight excluding hydrogens is 277 g/mol. The van der Waals surface area contributed by atoms with Crippen molar-refractivity contribution in [1.29, 1.82) is 0 Å². The molecule has 1 rings (SSSR count). The van der Waals surface area contributed by atoms with Crippen molar-refractivity contribution in [2.24, 2.45) is 0 Å². The Bertz CT molecular complexity index is 504. The van der Waals surface area contributed by atoms with E-state index in [1.54, 1.807) is 0 Å². The second kappa shape index (κ2) is 4.81. The van der Waals surface area contributed by atoms with Crippen LogP contribution in [0.25, 0.3) is 0 Å². The largest absolute Gasteiger partial charge is 0.471 e. The van der Waals surface area contributed by atoms with Gasteiger partial charge in [0.05, 0.1) is 4.92 Å². The number of nitrogens with zero attached hydrogens (tertiary/aromatic N) is 2. The molecule has 1 aromatic rings. The number of carbonyl (C=O) groups excluding carboxylic acids is 1. The van der Waals surface area contributed by atoms with Gasteiger partial charge in [0.25, 0.3) is 5.69 Å². The number of carbonyl (C=O) groups is 1. The molecule has 0 spiro atoms. The van der Waals surface area contributed by atoms with Gasteiger partial charge in [0.15, 0.2) is 0 Å². The van der Waals surface area contributed by atoms with E-state index in [2.05, 4.69) is 0 Å². The van der Waals surface area contributed by atoms with Crippen molar-refractivity contribution >= 4 is 28.9 Å². The molecule has 18 heavy (non-hydrogen) atoms. The predicted octanol–water partition coefficient (Wildman–Crippen LogP) is 2.77. The van der Waals surface area contributed by atoms with Crippen LogP contribution < -0.4 is 4.90 Å². The lowest BCUT2D eigenvalue weighted by Crippen LogP contribution is -2.38. The summed E-state index contributed by atoms with van der Waals surface area (Å²) >= 11 is 5.54. The summed E-state index contributed by atoms with van der Waals surface area (Å²) in [5.74, 6) is -2.21. The van der Waals surface area contributed by atoms with Crippen molar-refractivity contribution in [3.05, 3.63) is 33.3 Å². The highest BCUT2D eigenvalue weighted by Gasteiger charge is 2.43. The molecular formula is C9H6ClF3N2O3. The third-order valence-electron chi connectivity index (χ3n) is 2.04. The Morgan fingerprint density at radius 2 is 2.00 bits per heavy atom. The molecule has 0 radical (unpaired) electrons. The fourth-order valence-corrected chi connectivity index (χ4v) is 1.39. The number of hydrogen-bond acceptors (Lipinski definition) is 3.